The Bertz CT molecular complexity index is 350. The number of hydrogen-bond acceptors (Lipinski definition) is 3. The molecular weight excluding hydrogens is 206 g/mol. The SMILES string of the molecule is COCC(=O)Nc1ccccc1OC(C)C. The van der Waals surface area contributed by atoms with Gasteiger partial charge >= 0.3 is 0 Å². The van der Waals surface area contributed by atoms with Crippen LogP contribution in [-0.4, -0.2) is 25.7 Å². The normalized spacial score (nSPS) is 10.2. The number of rotatable bonds is 5. The maximum absolute atomic E-state index is 11.4. The van der Waals surface area contributed by atoms with Crippen molar-refractivity contribution in [2.45, 2.75) is 20.0 Å². The minimum absolute atomic E-state index is 0.0377. The van der Waals surface area contributed by atoms with E-state index >= 15 is 0 Å². The van der Waals surface area contributed by atoms with Gasteiger partial charge in [0.25, 0.3) is 0 Å². The molecule has 16 heavy (non-hydrogen) atoms. The van der Waals surface area contributed by atoms with Crippen LogP contribution < -0.4 is 10.1 Å². The van der Waals surface area contributed by atoms with Gasteiger partial charge in [-0.05, 0) is 26.0 Å². The predicted octanol–water partition coefficient (Wildman–Crippen LogP) is 2.06. The van der Waals surface area contributed by atoms with Crippen LogP contribution in [0.5, 0.6) is 5.75 Å². The number of carbonyl (C=O) groups is 1. The topological polar surface area (TPSA) is 47.6 Å². The fraction of sp³-hybridized carbons (Fsp3) is 0.417. The van der Waals surface area contributed by atoms with E-state index in [2.05, 4.69) is 5.32 Å². The summed E-state index contributed by atoms with van der Waals surface area (Å²) < 4.78 is 10.3. The molecule has 0 atom stereocenters. The Morgan fingerprint density at radius 1 is 1.38 bits per heavy atom. The summed E-state index contributed by atoms with van der Waals surface area (Å²) in [5.41, 5.74) is 0.665. The Labute approximate surface area is 95.6 Å². The van der Waals surface area contributed by atoms with Gasteiger partial charge in [-0.1, -0.05) is 12.1 Å². The summed E-state index contributed by atoms with van der Waals surface area (Å²) in [5, 5.41) is 2.73. The first-order chi connectivity index (χ1) is 7.63. The highest BCUT2D eigenvalue weighted by Gasteiger charge is 2.07. The number of methoxy groups -OCH3 is 1. The molecule has 0 unspecified atom stereocenters. The van der Waals surface area contributed by atoms with Crippen LogP contribution in [0.1, 0.15) is 13.8 Å². The molecular formula is C12H17NO3. The lowest BCUT2D eigenvalue weighted by Gasteiger charge is -2.14. The van der Waals surface area contributed by atoms with Crippen molar-refractivity contribution in [3.8, 4) is 5.75 Å². The molecule has 0 aliphatic heterocycles. The second-order valence-corrected chi connectivity index (χ2v) is 3.64. The summed E-state index contributed by atoms with van der Waals surface area (Å²) in [6.07, 6.45) is 0.0699. The van der Waals surface area contributed by atoms with Gasteiger partial charge in [0.05, 0.1) is 11.8 Å². The maximum atomic E-state index is 11.4. The van der Waals surface area contributed by atoms with E-state index in [1.54, 1.807) is 6.07 Å². The molecule has 1 N–H and O–H groups in total. The molecule has 1 amide bonds. The average Bonchev–Trinajstić information content (AvgIpc) is 2.20. The summed E-state index contributed by atoms with van der Waals surface area (Å²) in [5.74, 6) is 0.476. The van der Waals surface area contributed by atoms with Gasteiger partial charge < -0.3 is 14.8 Å². The minimum Gasteiger partial charge on any atom is -0.489 e. The van der Waals surface area contributed by atoms with Crippen molar-refractivity contribution in [3.05, 3.63) is 24.3 Å². The highest BCUT2D eigenvalue weighted by molar-refractivity contribution is 5.93. The molecule has 0 aliphatic rings. The molecule has 0 saturated carbocycles. The van der Waals surface area contributed by atoms with Gasteiger partial charge in [-0.3, -0.25) is 4.79 Å². The number of benzene rings is 1. The smallest absolute Gasteiger partial charge is 0.250 e. The molecule has 0 aromatic heterocycles. The van der Waals surface area contributed by atoms with E-state index in [9.17, 15) is 4.79 Å². The first-order valence-electron chi connectivity index (χ1n) is 5.18. The molecule has 4 nitrogen and oxygen atoms in total. The molecule has 0 saturated heterocycles. The van der Waals surface area contributed by atoms with Crippen molar-refractivity contribution in [1.29, 1.82) is 0 Å². The van der Waals surface area contributed by atoms with Crippen molar-refractivity contribution < 1.29 is 14.3 Å². The van der Waals surface area contributed by atoms with E-state index in [0.717, 1.165) is 0 Å². The van der Waals surface area contributed by atoms with Crippen LogP contribution in [0.3, 0.4) is 0 Å². The number of nitrogens with one attached hydrogen (secondary N) is 1. The van der Waals surface area contributed by atoms with Gasteiger partial charge in [-0.2, -0.15) is 0 Å². The highest BCUT2D eigenvalue weighted by atomic mass is 16.5. The monoisotopic (exact) mass is 223 g/mol. The third kappa shape index (κ3) is 3.90. The molecule has 0 spiro atoms. The highest BCUT2D eigenvalue weighted by Crippen LogP contribution is 2.24. The van der Waals surface area contributed by atoms with Gasteiger partial charge in [0, 0.05) is 7.11 Å². The predicted molar refractivity (Wildman–Crippen MR) is 62.7 cm³/mol. The molecule has 1 rings (SSSR count). The molecule has 88 valence electrons. The van der Waals surface area contributed by atoms with E-state index in [4.69, 9.17) is 9.47 Å². The zero-order valence-electron chi connectivity index (χ0n) is 9.82. The van der Waals surface area contributed by atoms with Gasteiger partial charge in [0.15, 0.2) is 0 Å². The maximum Gasteiger partial charge on any atom is 0.250 e. The summed E-state index contributed by atoms with van der Waals surface area (Å²) in [4.78, 5) is 11.4. The Morgan fingerprint density at radius 2 is 2.06 bits per heavy atom. The van der Waals surface area contributed by atoms with Gasteiger partial charge in [0.1, 0.15) is 12.4 Å². The van der Waals surface area contributed by atoms with E-state index in [1.165, 1.54) is 7.11 Å². The number of carbonyl (C=O) groups excluding carboxylic acids is 1. The molecule has 0 radical (unpaired) electrons. The van der Waals surface area contributed by atoms with E-state index in [-0.39, 0.29) is 18.6 Å². The summed E-state index contributed by atoms with van der Waals surface area (Å²) in [7, 11) is 1.48. The number of ether oxygens (including phenoxy) is 2. The van der Waals surface area contributed by atoms with E-state index in [0.29, 0.717) is 11.4 Å². The third-order valence-electron chi connectivity index (χ3n) is 1.80. The Hall–Kier alpha value is -1.55. The van der Waals surface area contributed by atoms with Crippen molar-refractivity contribution >= 4 is 11.6 Å². The number of amides is 1. The molecule has 1 aromatic carbocycles. The average molecular weight is 223 g/mol. The lowest BCUT2D eigenvalue weighted by Crippen LogP contribution is -2.18. The van der Waals surface area contributed by atoms with Gasteiger partial charge in [0.2, 0.25) is 5.91 Å². The van der Waals surface area contributed by atoms with Crippen molar-refractivity contribution in [2.75, 3.05) is 19.0 Å². The van der Waals surface area contributed by atoms with Crippen molar-refractivity contribution in [2.24, 2.45) is 0 Å². The zero-order valence-corrected chi connectivity index (χ0v) is 9.82. The largest absolute Gasteiger partial charge is 0.489 e. The molecule has 1 aromatic rings. The molecule has 0 fully saturated rings. The van der Waals surface area contributed by atoms with E-state index < -0.39 is 0 Å². The molecule has 0 aliphatic carbocycles. The standard InChI is InChI=1S/C12H17NO3/c1-9(2)16-11-7-5-4-6-10(11)13-12(14)8-15-3/h4-7,9H,8H2,1-3H3,(H,13,14). The van der Waals surface area contributed by atoms with Crippen molar-refractivity contribution in [3.63, 3.8) is 0 Å². The first kappa shape index (κ1) is 12.5. The van der Waals surface area contributed by atoms with Crippen LogP contribution in [0.25, 0.3) is 0 Å². The lowest BCUT2D eigenvalue weighted by molar-refractivity contribution is -0.119. The van der Waals surface area contributed by atoms with Crippen LogP contribution in [0.15, 0.2) is 24.3 Å². The van der Waals surface area contributed by atoms with Crippen LogP contribution in [0.4, 0.5) is 5.69 Å². The summed E-state index contributed by atoms with van der Waals surface area (Å²) in [6, 6.07) is 7.33. The lowest BCUT2D eigenvalue weighted by atomic mass is 10.3. The fourth-order valence-corrected chi connectivity index (χ4v) is 1.24. The number of anilines is 1. The van der Waals surface area contributed by atoms with E-state index in [1.807, 2.05) is 32.0 Å². The van der Waals surface area contributed by atoms with Crippen LogP contribution in [0.2, 0.25) is 0 Å². The zero-order chi connectivity index (χ0) is 12.0. The summed E-state index contributed by atoms with van der Waals surface area (Å²) in [6.45, 7) is 3.91. The Morgan fingerprint density at radius 3 is 2.69 bits per heavy atom. The molecule has 0 heterocycles. The van der Waals surface area contributed by atoms with Gasteiger partial charge in [-0.25, -0.2) is 0 Å². The third-order valence-corrected chi connectivity index (χ3v) is 1.80. The first-order valence-corrected chi connectivity index (χ1v) is 5.18. The number of para-hydroxylation sites is 2. The minimum atomic E-state index is -0.192. The Kier molecular flexibility index (Phi) is 4.79. The van der Waals surface area contributed by atoms with Crippen LogP contribution in [0, 0.1) is 0 Å². The second kappa shape index (κ2) is 6.12. The second-order valence-electron chi connectivity index (χ2n) is 3.64. The van der Waals surface area contributed by atoms with Crippen LogP contribution >= 0.6 is 0 Å². The molecule has 0 bridgehead atoms. The van der Waals surface area contributed by atoms with Gasteiger partial charge in [-0.15, -0.1) is 0 Å². The quantitative estimate of drug-likeness (QED) is 0.831. The fourth-order valence-electron chi connectivity index (χ4n) is 1.24. The van der Waals surface area contributed by atoms with Crippen LogP contribution in [-0.2, 0) is 9.53 Å². The summed E-state index contributed by atoms with van der Waals surface area (Å²) >= 11 is 0. The Balaban J connectivity index is 2.74. The number of hydrogen-bond donors (Lipinski definition) is 1. The molecule has 4 heteroatoms. The van der Waals surface area contributed by atoms with Crippen molar-refractivity contribution in [1.82, 2.24) is 0 Å².